The minimum atomic E-state index is -1.08. The average Bonchev–Trinajstić information content (AvgIpc) is 3.84. The third-order valence-corrected chi connectivity index (χ3v) is 12.0. The van der Waals surface area contributed by atoms with Gasteiger partial charge in [-0.1, -0.05) is 72.8 Å². The van der Waals surface area contributed by atoms with Crippen molar-refractivity contribution in [1.29, 1.82) is 0 Å². The summed E-state index contributed by atoms with van der Waals surface area (Å²) in [5, 5.41) is 27.4. The number of nitrogens with one attached hydrogen (secondary N) is 3. The molecule has 2 unspecified atom stereocenters. The topological polar surface area (TPSA) is 203 Å². The molecule has 16 nitrogen and oxygen atoms in total. The van der Waals surface area contributed by atoms with E-state index >= 15 is 0 Å². The zero-order valence-corrected chi connectivity index (χ0v) is 37.3. The number of carboxylic acid groups (broad SMARTS) is 1. The minimum Gasteiger partial charge on any atom is -0.477 e. The number of rotatable bonds is 11. The maximum absolute atomic E-state index is 14.1. The van der Waals surface area contributed by atoms with E-state index < -0.39 is 11.9 Å². The second-order valence-electron chi connectivity index (χ2n) is 16.4. The lowest BCUT2D eigenvalue weighted by Gasteiger charge is -2.32. The Morgan fingerprint density at radius 3 is 2.07 bits per heavy atom. The van der Waals surface area contributed by atoms with Gasteiger partial charge in [0.1, 0.15) is 23.0 Å². The van der Waals surface area contributed by atoms with Crippen LogP contribution in [0.5, 0.6) is 0 Å². The molecule has 1 saturated heterocycles. The zero-order chi connectivity index (χ0) is 46.2. The first-order chi connectivity index (χ1) is 32.9. The Morgan fingerprint density at radius 1 is 0.716 bits per heavy atom. The zero-order valence-electron chi connectivity index (χ0n) is 37.3. The van der Waals surface area contributed by atoms with Crippen molar-refractivity contribution in [3.8, 4) is 22.5 Å². The summed E-state index contributed by atoms with van der Waals surface area (Å²) in [6, 6.07) is 33.8. The molecule has 0 bridgehead atoms. The molecule has 8 rings (SSSR count). The van der Waals surface area contributed by atoms with Crippen molar-refractivity contribution in [2.45, 2.75) is 43.7 Å². The van der Waals surface area contributed by atoms with Gasteiger partial charge in [-0.05, 0) is 72.4 Å². The Labute approximate surface area is 389 Å². The Morgan fingerprint density at radius 2 is 1.37 bits per heavy atom. The molecule has 3 aromatic carbocycles. The Kier molecular flexibility index (Phi) is 16.5. The van der Waals surface area contributed by atoms with E-state index in [9.17, 15) is 19.5 Å². The van der Waals surface area contributed by atoms with E-state index in [0.717, 1.165) is 39.2 Å². The molecule has 6 aromatic rings. The van der Waals surface area contributed by atoms with Gasteiger partial charge >= 0.3 is 5.97 Å². The van der Waals surface area contributed by atoms with Gasteiger partial charge in [-0.15, -0.1) is 0 Å². The number of ether oxygens (including phenoxy) is 4. The van der Waals surface area contributed by atoms with Gasteiger partial charge in [0.15, 0.2) is 5.69 Å². The van der Waals surface area contributed by atoms with Crippen LogP contribution >= 0.6 is 0 Å². The van der Waals surface area contributed by atoms with Crippen molar-refractivity contribution in [2.24, 2.45) is 0 Å². The summed E-state index contributed by atoms with van der Waals surface area (Å²) in [5.74, 6) is -1.24. The third-order valence-electron chi connectivity index (χ3n) is 12.0. The van der Waals surface area contributed by atoms with Crippen molar-refractivity contribution < 1.29 is 38.4 Å². The number of Topliss-reactive ketones (excluding diaryl/α,β-unsaturated/α-hetero) is 1. The number of fused-ring (bicyclic) bond motifs is 5. The van der Waals surface area contributed by atoms with Gasteiger partial charge in [0, 0.05) is 74.1 Å². The highest BCUT2D eigenvalue weighted by atomic mass is 16.5. The predicted octanol–water partition coefficient (Wildman–Crippen LogP) is 6.39. The van der Waals surface area contributed by atoms with E-state index in [2.05, 4.69) is 35.9 Å². The smallest absolute Gasteiger partial charge is 0.354 e. The van der Waals surface area contributed by atoms with Crippen LogP contribution in [0, 0.1) is 0 Å². The number of hydrogen-bond donors (Lipinski definition) is 4. The van der Waals surface area contributed by atoms with Gasteiger partial charge in [-0.3, -0.25) is 19.5 Å². The Hall–Kier alpha value is -6.69. The van der Waals surface area contributed by atoms with Gasteiger partial charge in [0.05, 0.1) is 51.4 Å². The summed E-state index contributed by atoms with van der Waals surface area (Å²) in [6.07, 6.45) is 3.78. The van der Waals surface area contributed by atoms with Crippen LogP contribution in [0.1, 0.15) is 74.5 Å². The second kappa shape index (κ2) is 23.7. The van der Waals surface area contributed by atoms with Crippen molar-refractivity contribution >= 4 is 23.5 Å². The number of pyridine rings is 2. The van der Waals surface area contributed by atoms with E-state index in [1.165, 1.54) is 6.07 Å². The highest BCUT2D eigenvalue weighted by Crippen LogP contribution is 2.40. The van der Waals surface area contributed by atoms with E-state index in [1.807, 2.05) is 91.0 Å². The second-order valence-corrected chi connectivity index (χ2v) is 16.4. The molecule has 0 spiro atoms. The maximum Gasteiger partial charge on any atom is 0.354 e. The summed E-state index contributed by atoms with van der Waals surface area (Å²) in [5.41, 5.74) is 7.48. The SMILES string of the molecule is O=C(NCCC(=O)C1Cc2ccccc2-c2n[nH]nc2-c2ccccc21)c1ccc(C(c2ccccn2)N2CCOCCOCCC(Nc3cccc(C(=O)O)n3)CCOCCOCC2)cc1. The number of aromatic nitrogens is 5. The number of nitrogens with zero attached hydrogens (tertiary/aromatic N) is 5. The number of anilines is 1. The number of amides is 1. The molecular formula is C51H56N8O8. The van der Waals surface area contributed by atoms with Gasteiger partial charge in [0.2, 0.25) is 0 Å². The highest BCUT2D eigenvalue weighted by molar-refractivity contribution is 5.95. The van der Waals surface area contributed by atoms with Crippen molar-refractivity contribution in [1.82, 2.24) is 35.6 Å². The summed E-state index contributed by atoms with van der Waals surface area (Å²) in [4.78, 5) is 50.3. The first-order valence-electron chi connectivity index (χ1n) is 22.8. The van der Waals surface area contributed by atoms with Crippen LogP contribution in [-0.2, 0) is 30.2 Å². The van der Waals surface area contributed by atoms with Crippen LogP contribution in [0.4, 0.5) is 5.82 Å². The molecular weight excluding hydrogens is 853 g/mol. The number of carbonyl (C=O) groups excluding carboxylic acids is 2. The summed E-state index contributed by atoms with van der Waals surface area (Å²) in [7, 11) is 0. The quantitative estimate of drug-likeness (QED) is 0.111. The number of hydrogen-bond acceptors (Lipinski definition) is 13. The van der Waals surface area contributed by atoms with E-state index in [-0.39, 0.29) is 42.4 Å². The van der Waals surface area contributed by atoms with Crippen LogP contribution < -0.4 is 10.6 Å². The Bertz CT molecular complexity index is 2540. The molecule has 1 aliphatic heterocycles. The maximum atomic E-state index is 14.1. The number of carbonyl (C=O) groups is 3. The van der Waals surface area contributed by atoms with Crippen LogP contribution in [0.15, 0.2) is 115 Å². The van der Waals surface area contributed by atoms with Crippen molar-refractivity contribution in [3.63, 3.8) is 0 Å². The number of benzene rings is 3. The number of aromatic carboxylic acids is 1. The normalized spacial score (nSPS) is 17.5. The molecule has 2 atom stereocenters. The molecule has 67 heavy (non-hydrogen) atoms. The lowest BCUT2D eigenvalue weighted by Crippen LogP contribution is -2.36. The fourth-order valence-electron chi connectivity index (χ4n) is 8.63. The first kappa shape index (κ1) is 46.8. The molecule has 0 saturated carbocycles. The molecule has 1 amide bonds. The van der Waals surface area contributed by atoms with Crippen molar-refractivity contribution in [3.05, 3.63) is 149 Å². The predicted molar refractivity (Wildman–Crippen MR) is 251 cm³/mol. The van der Waals surface area contributed by atoms with Crippen molar-refractivity contribution in [2.75, 3.05) is 77.8 Å². The molecule has 2 aliphatic rings. The molecule has 3 aromatic heterocycles. The fourth-order valence-corrected chi connectivity index (χ4v) is 8.63. The molecule has 1 aliphatic carbocycles. The van der Waals surface area contributed by atoms with Crippen LogP contribution in [-0.4, -0.2) is 132 Å². The van der Waals surface area contributed by atoms with Crippen LogP contribution in [0.3, 0.4) is 0 Å². The summed E-state index contributed by atoms with van der Waals surface area (Å²) < 4.78 is 24.0. The highest BCUT2D eigenvalue weighted by Gasteiger charge is 2.30. The monoisotopic (exact) mass is 908 g/mol. The molecule has 4 heterocycles. The molecule has 1 fully saturated rings. The number of H-pyrrole nitrogens is 1. The average molecular weight is 909 g/mol. The van der Waals surface area contributed by atoms with Gasteiger partial charge < -0.3 is 34.7 Å². The molecule has 0 radical (unpaired) electrons. The van der Waals surface area contributed by atoms with E-state index in [0.29, 0.717) is 102 Å². The third kappa shape index (κ3) is 12.4. The van der Waals surface area contributed by atoms with E-state index in [1.54, 1.807) is 18.3 Å². The largest absolute Gasteiger partial charge is 0.477 e. The van der Waals surface area contributed by atoms with Gasteiger partial charge in [0.25, 0.3) is 5.91 Å². The molecule has 4 N–H and O–H groups in total. The van der Waals surface area contributed by atoms with Crippen LogP contribution in [0.2, 0.25) is 0 Å². The van der Waals surface area contributed by atoms with Gasteiger partial charge in [-0.25, -0.2) is 9.78 Å². The number of ketones is 1. The summed E-state index contributed by atoms with van der Waals surface area (Å²) in [6.45, 7) is 4.78. The number of carboxylic acids is 1. The fraction of sp³-hybridized carbons (Fsp3) is 0.353. The van der Waals surface area contributed by atoms with Crippen LogP contribution in [0.25, 0.3) is 22.5 Å². The standard InChI is InChI=1S/C51H56N8O8/c60-45(42-34-37-8-1-2-9-39(37)47-48(57-58-56-47)41-11-4-3-10-40(41)42)19-23-53-50(61)36-17-15-35(16-18-36)49(43-12-5-6-22-52-43)59-24-28-66-32-30-64-26-20-38(21-27-65-31-33-67-29-25-59)54-46-14-7-13-44(55-46)51(62)63/h1-18,22,38,42,49H,19-21,23-34H2,(H,53,61)(H,54,55)(H,62,63)(H,56,57,58). The summed E-state index contributed by atoms with van der Waals surface area (Å²) >= 11 is 0. The molecule has 16 heteroatoms. The lowest BCUT2D eigenvalue weighted by atomic mass is 9.80. The Balaban J connectivity index is 0.880. The molecule has 348 valence electrons. The first-order valence-corrected chi connectivity index (χ1v) is 22.8. The lowest BCUT2D eigenvalue weighted by molar-refractivity contribution is -0.120. The number of aromatic amines is 1. The van der Waals surface area contributed by atoms with E-state index in [4.69, 9.17) is 23.9 Å². The van der Waals surface area contributed by atoms with Gasteiger partial charge in [-0.2, -0.15) is 15.4 Å². The minimum absolute atomic E-state index is 0.0222.